The van der Waals surface area contributed by atoms with Crippen molar-refractivity contribution in [1.29, 1.82) is 0 Å². The van der Waals surface area contributed by atoms with Gasteiger partial charge >= 0.3 is 18.0 Å². The number of amides is 1. The lowest BCUT2D eigenvalue weighted by atomic mass is 9.90. The number of hydrogen-bond acceptors (Lipinski definition) is 9. The first kappa shape index (κ1) is 32.0. The highest BCUT2D eigenvalue weighted by atomic mass is 32.1. The highest BCUT2D eigenvalue weighted by Crippen LogP contribution is 2.53. The Hall–Kier alpha value is -4.38. The first-order valence-corrected chi connectivity index (χ1v) is 15.7. The zero-order valence-electron chi connectivity index (χ0n) is 25.9. The number of alkyl carbamates (subject to hydrolysis) is 1. The van der Waals surface area contributed by atoms with Crippen molar-refractivity contribution in [3.05, 3.63) is 83.3 Å². The van der Waals surface area contributed by atoms with E-state index in [9.17, 15) is 14.4 Å². The summed E-state index contributed by atoms with van der Waals surface area (Å²) in [5.74, 6) is -2.71. The first-order valence-electron chi connectivity index (χ1n) is 14.9. The first-order chi connectivity index (χ1) is 21.4. The van der Waals surface area contributed by atoms with Gasteiger partial charge in [-0.1, -0.05) is 47.7 Å². The van der Waals surface area contributed by atoms with E-state index in [1.54, 1.807) is 40.7 Å². The SMILES string of the molecule is CCOC(=O)C(Cc1ccc(-c2nc3ccc(C4(c5ccccc5)CC4)nc3s2)c(F)c1)(NC(=O)OC(C)(C)C)C(=O)OCC. The summed E-state index contributed by atoms with van der Waals surface area (Å²) in [4.78, 5) is 49.6. The molecule has 4 aromatic rings. The summed E-state index contributed by atoms with van der Waals surface area (Å²) in [5.41, 5.74) is 0.0149. The Balaban J connectivity index is 1.46. The van der Waals surface area contributed by atoms with Gasteiger partial charge in [0.1, 0.15) is 26.8 Å². The number of thiazole rings is 1. The van der Waals surface area contributed by atoms with E-state index in [2.05, 4.69) is 22.4 Å². The second kappa shape index (κ2) is 12.5. The van der Waals surface area contributed by atoms with E-state index in [0.717, 1.165) is 18.5 Å². The van der Waals surface area contributed by atoms with Crippen molar-refractivity contribution in [1.82, 2.24) is 15.3 Å². The third kappa shape index (κ3) is 6.68. The van der Waals surface area contributed by atoms with Crippen molar-refractivity contribution < 1.29 is 33.0 Å². The van der Waals surface area contributed by atoms with Crippen LogP contribution in [-0.4, -0.2) is 52.4 Å². The van der Waals surface area contributed by atoms with Crippen LogP contribution in [0.5, 0.6) is 0 Å². The van der Waals surface area contributed by atoms with Crippen LogP contribution in [0, 0.1) is 5.82 Å². The summed E-state index contributed by atoms with van der Waals surface area (Å²) in [6.07, 6.45) is 0.563. The van der Waals surface area contributed by atoms with Gasteiger partial charge in [-0.3, -0.25) is 5.32 Å². The summed E-state index contributed by atoms with van der Waals surface area (Å²) in [6.45, 7) is 7.93. The minimum absolute atomic E-state index is 0.0664. The van der Waals surface area contributed by atoms with E-state index in [-0.39, 0.29) is 29.8 Å². The molecule has 236 valence electrons. The normalized spacial score (nSPS) is 14.1. The fourth-order valence-corrected chi connectivity index (χ4v) is 6.25. The van der Waals surface area contributed by atoms with Gasteiger partial charge in [-0.2, -0.15) is 0 Å². The maximum Gasteiger partial charge on any atom is 0.409 e. The van der Waals surface area contributed by atoms with Gasteiger partial charge in [0.2, 0.25) is 5.54 Å². The summed E-state index contributed by atoms with van der Waals surface area (Å²) in [7, 11) is 0. The van der Waals surface area contributed by atoms with E-state index in [1.807, 2.05) is 30.3 Å². The van der Waals surface area contributed by atoms with Crippen molar-refractivity contribution in [3.63, 3.8) is 0 Å². The van der Waals surface area contributed by atoms with Crippen LogP contribution in [0.3, 0.4) is 0 Å². The molecule has 9 nitrogen and oxygen atoms in total. The Labute approximate surface area is 265 Å². The molecule has 0 saturated heterocycles. The standard InChI is InChI=1S/C34H36FN3O6S/c1-6-42-29(39)34(30(40)43-7-2,38-31(41)44-32(3,4)5)20-21-13-14-23(24(35)19-21)27-36-25-15-16-26(37-28(25)45-27)33(17-18-33)22-11-9-8-10-12-22/h8-16,19H,6-7,17-18,20H2,1-5H3,(H,38,41). The minimum Gasteiger partial charge on any atom is -0.464 e. The molecule has 1 fully saturated rings. The second-order valence-electron chi connectivity index (χ2n) is 12.0. The molecule has 0 aliphatic heterocycles. The van der Waals surface area contributed by atoms with Crippen LogP contribution in [0.25, 0.3) is 20.9 Å². The fourth-order valence-electron chi connectivity index (χ4n) is 5.28. The molecule has 0 bridgehead atoms. The molecule has 0 atom stereocenters. The van der Waals surface area contributed by atoms with Crippen molar-refractivity contribution in [2.24, 2.45) is 0 Å². The van der Waals surface area contributed by atoms with Gasteiger partial charge in [0.05, 0.1) is 18.9 Å². The predicted molar refractivity (Wildman–Crippen MR) is 168 cm³/mol. The molecule has 1 amide bonds. The number of ether oxygens (including phenoxy) is 3. The summed E-state index contributed by atoms with van der Waals surface area (Å²) >= 11 is 1.29. The van der Waals surface area contributed by atoms with Gasteiger partial charge in [0.15, 0.2) is 0 Å². The lowest BCUT2D eigenvalue weighted by molar-refractivity contribution is -0.166. The van der Waals surface area contributed by atoms with Gasteiger partial charge in [0.25, 0.3) is 0 Å². The number of hydrogen-bond donors (Lipinski definition) is 1. The van der Waals surface area contributed by atoms with Crippen LogP contribution in [0.4, 0.5) is 9.18 Å². The number of halogens is 1. The number of rotatable bonds is 10. The molecule has 1 saturated carbocycles. The van der Waals surface area contributed by atoms with Crippen LogP contribution in [0.15, 0.2) is 60.7 Å². The molecular weight excluding hydrogens is 597 g/mol. The maximum atomic E-state index is 15.7. The molecule has 2 aromatic carbocycles. The molecule has 2 heterocycles. The zero-order chi connectivity index (χ0) is 32.4. The highest BCUT2D eigenvalue weighted by molar-refractivity contribution is 7.21. The number of nitrogens with zero attached hydrogens (tertiary/aromatic N) is 2. The molecule has 45 heavy (non-hydrogen) atoms. The molecule has 1 N–H and O–H groups in total. The van der Waals surface area contributed by atoms with E-state index >= 15 is 4.39 Å². The Morgan fingerprint density at radius 1 is 0.933 bits per heavy atom. The third-order valence-corrected chi connectivity index (χ3v) is 8.52. The lowest BCUT2D eigenvalue weighted by Crippen LogP contribution is -2.63. The lowest BCUT2D eigenvalue weighted by Gasteiger charge is -2.31. The molecule has 2 aromatic heterocycles. The number of aromatic nitrogens is 2. The molecular formula is C34H36FN3O6S. The molecule has 11 heteroatoms. The number of nitrogens with one attached hydrogen (secondary N) is 1. The smallest absolute Gasteiger partial charge is 0.409 e. The quantitative estimate of drug-likeness (QED) is 0.119. The number of benzene rings is 2. The Morgan fingerprint density at radius 3 is 2.18 bits per heavy atom. The monoisotopic (exact) mass is 633 g/mol. The van der Waals surface area contributed by atoms with Crippen LogP contribution in [0.2, 0.25) is 0 Å². The summed E-state index contributed by atoms with van der Waals surface area (Å²) in [6, 6.07) is 18.5. The maximum absolute atomic E-state index is 15.7. The van der Waals surface area contributed by atoms with Gasteiger partial charge in [-0.25, -0.2) is 28.7 Å². The van der Waals surface area contributed by atoms with Crippen LogP contribution < -0.4 is 5.32 Å². The Bertz CT molecular complexity index is 1710. The van der Waals surface area contributed by atoms with E-state index in [4.69, 9.17) is 19.2 Å². The van der Waals surface area contributed by atoms with Crippen LogP contribution >= 0.6 is 11.3 Å². The number of esters is 2. The largest absolute Gasteiger partial charge is 0.464 e. The second-order valence-corrected chi connectivity index (χ2v) is 12.9. The van der Waals surface area contributed by atoms with Crippen molar-refractivity contribution >= 4 is 39.7 Å². The van der Waals surface area contributed by atoms with Crippen molar-refractivity contribution in [2.75, 3.05) is 13.2 Å². The highest BCUT2D eigenvalue weighted by Gasteiger charge is 2.51. The molecule has 0 unspecified atom stereocenters. The number of carbonyl (C=O) groups is 3. The van der Waals surface area contributed by atoms with Crippen molar-refractivity contribution in [3.8, 4) is 10.6 Å². The Morgan fingerprint density at radius 2 is 1.60 bits per heavy atom. The van der Waals surface area contributed by atoms with E-state index in [1.165, 1.54) is 29.0 Å². The molecule has 1 aliphatic rings. The van der Waals surface area contributed by atoms with Crippen molar-refractivity contribution in [2.45, 2.75) is 70.4 Å². The molecule has 1 aliphatic carbocycles. The number of carbonyl (C=O) groups excluding carboxylic acids is 3. The zero-order valence-corrected chi connectivity index (χ0v) is 26.8. The van der Waals surface area contributed by atoms with Gasteiger partial charge in [-0.15, -0.1) is 0 Å². The Kier molecular flexibility index (Phi) is 8.93. The molecule has 0 radical (unpaired) electrons. The van der Waals surface area contributed by atoms with E-state index in [0.29, 0.717) is 15.4 Å². The molecule has 0 spiro atoms. The van der Waals surface area contributed by atoms with Crippen LogP contribution in [0.1, 0.15) is 64.3 Å². The molecule has 5 rings (SSSR count). The topological polar surface area (TPSA) is 117 Å². The fraction of sp³-hybridized carbons (Fsp3) is 0.382. The number of fused-ring (bicyclic) bond motifs is 1. The minimum atomic E-state index is -2.31. The van der Waals surface area contributed by atoms with Gasteiger partial charge < -0.3 is 14.2 Å². The van der Waals surface area contributed by atoms with Gasteiger partial charge in [-0.05, 0) is 82.9 Å². The average Bonchev–Trinajstić information content (AvgIpc) is 3.69. The van der Waals surface area contributed by atoms with Gasteiger partial charge in [0, 0.05) is 17.4 Å². The predicted octanol–water partition coefficient (Wildman–Crippen LogP) is 6.51. The number of pyridine rings is 1. The van der Waals surface area contributed by atoms with Crippen LogP contribution in [-0.2, 0) is 35.6 Å². The third-order valence-electron chi connectivity index (χ3n) is 7.52. The summed E-state index contributed by atoms with van der Waals surface area (Å²) < 4.78 is 31.4. The van der Waals surface area contributed by atoms with E-state index < -0.39 is 41.4 Å². The summed E-state index contributed by atoms with van der Waals surface area (Å²) in [5, 5.41) is 2.81. The average molecular weight is 634 g/mol.